The molecule has 3 nitrogen and oxygen atoms in total. The van der Waals surface area contributed by atoms with E-state index in [0.717, 1.165) is 25.7 Å². The normalized spacial score (nSPS) is 15.3. The van der Waals surface area contributed by atoms with Crippen molar-refractivity contribution in [2.24, 2.45) is 11.7 Å². The molecule has 4 heteroatoms. The average molecular weight is 274 g/mol. The summed E-state index contributed by atoms with van der Waals surface area (Å²) in [4.78, 5) is 12.1. The van der Waals surface area contributed by atoms with Gasteiger partial charge in [-0.15, -0.1) is 0 Å². The summed E-state index contributed by atoms with van der Waals surface area (Å²) in [6, 6.07) is 4.54. The number of halogens is 1. The van der Waals surface area contributed by atoms with Crippen LogP contribution in [-0.4, -0.2) is 12.5 Å². The number of nitrogens with one attached hydrogen (secondary N) is 1. The van der Waals surface area contributed by atoms with E-state index < -0.39 is 5.82 Å². The van der Waals surface area contributed by atoms with Gasteiger partial charge < -0.3 is 11.1 Å². The molecule has 106 valence electrons. The van der Waals surface area contributed by atoms with E-state index in [1.807, 2.05) is 0 Å². The molecule has 1 aromatic carbocycles. The van der Waals surface area contributed by atoms with Gasteiger partial charge in [-0.1, -0.05) is 31.1 Å². The Labute approximate surface area is 118 Å². The minimum Gasteiger partial charge on any atom is -0.326 e. The van der Waals surface area contributed by atoms with Crippen LogP contribution in [0.4, 0.5) is 10.1 Å². The topological polar surface area (TPSA) is 55.1 Å². The Morgan fingerprint density at radius 2 is 2.10 bits per heavy atom. The molecule has 1 fully saturated rings. The van der Waals surface area contributed by atoms with Gasteiger partial charge in [-0.25, -0.2) is 4.39 Å². The van der Waals surface area contributed by atoms with E-state index in [1.165, 1.54) is 12.5 Å². The molecule has 0 aliphatic heterocycles. The molecule has 1 amide bonds. The third kappa shape index (κ3) is 3.82. The summed E-state index contributed by atoms with van der Waals surface area (Å²) in [6.07, 6.45) is 5.25. The van der Waals surface area contributed by atoms with E-state index in [-0.39, 0.29) is 18.4 Å². The van der Waals surface area contributed by atoms with Gasteiger partial charge in [0.1, 0.15) is 5.82 Å². The lowest BCUT2D eigenvalue weighted by Gasteiger charge is -2.20. The highest BCUT2D eigenvalue weighted by Crippen LogP contribution is 2.25. The maximum atomic E-state index is 13.8. The lowest BCUT2D eigenvalue weighted by molar-refractivity contribution is -0.120. The third-order valence-electron chi connectivity index (χ3n) is 3.54. The van der Waals surface area contributed by atoms with Crippen LogP contribution in [0.15, 0.2) is 18.2 Å². The van der Waals surface area contributed by atoms with Crippen molar-refractivity contribution in [1.29, 1.82) is 0 Å². The van der Waals surface area contributed by atoms with Crippen molar-refractivity contribution in [3.05, 3.63) is 29.6 Å². The van der Waals surface area contributed by atoms with Gasteiger partial charge in [-0.05, 0) is 31.0 Å². The van der Waals surface area contributed by atoms with E-state index in [9.17, 15) is 9.18 Å². The van der Waals surface area contributed by atoms with Crippen molar-refractivity contribution in [1.82, 2.24) is 0 Å². The summed E-state index contributed by atoms with van der Waals surface area (Å²) in [5.41, 5.74) is 6.03. The number of nitrogens with two attached hydrogens (primary N) is 1. The Hall–Kier alpha value is -1.86. The second-order valence-corrected chi connectivity index (χ2v) is 5.02. The minimum atomic E-state index is -0.438. The predicted molar refractivity (Wildman–Crippen MR) is 77.5 cm³/mol. The third-order valence-corrected chi connectivity index (χ3v) is 3.54. The first-order chi connectivity index (χ1) is 9.70. The summed E-state index contributed by atoms with van der Waals surface area (Å²) in [7, 11) is 0. The van der Waals surface area contributed by atoms with Gasteiger partial charge in [0.05, 0.1) is 12.1 Å². The van der Waals surface area contributed by atoms with E-state index in [2.05, 4.69) is 17.2 Å². The van der Waals surface area contributed by atoms with Crippen molar-refractivity contribution in [2.45, 2.75) is 32.1 Å². The first-order valence-electron chi connectivity index (χ1n) is 7.00. The summed E-state index contributed by atoms with van der Waals surface area (Å²) in [5, 5.41) is 2.78. The maximum absolute atomic E-state index is 13.8. The first-order valence-corrected chi connectivity index (χ1v) is 7.00. The maximum Gasteiger partial charge on any atom is 0.227 e. The Bertz CT molecular complexity index is 539. The minimum absolute atomic E-state index is 0.00936. The van der Waals surface area contributed by atoms with Crippen molar-refractivity contribution in [2.75, 3.05) is 11.9 Å². The monoisotopic (exact) mass is 274 g/mol. The number of hydrogen-bond acceptors (Lipinski definition) is 2. The molecule has 0 heterocycles. The quantitative estimate of drug-likeness (QED) is 0.815. The number of amides is 1. The molecule has 0 unspecified atom stereocenters. The van der Waals surface area contributed by atoms with Crippen molar-refractivity contribution in [3.63, 3.8) is 0 Å². The molecule has 1 saturated carbocycles. The molecule has 1 aliphatic carbocycles. The smallest absolute Gasteiger partial charge is 0.227 e. The zero-order chi connectivity index (χ0) is 14.4. The molecule has 2 rings (SSSR count). The Morgan fingerprint density at radius 1 is 1.35 bits per heavy atom. The largest absolute Gasteiger partial charge is 0.326 e. The fraction of sp³-hybridized carbons (Fsp3) is 0.438. The van der Waals surface area contributed by atoms with Crippen LogP contribution in [0.1, 0.15) is 37.7 Å². The molecule has 0 bridgehead atoms. The van der Waals surface area contributed by atoms with Gasteiger partial charge in [0.15, 0.2) is 0 Å². The van der Waals surface area contributed by atoms with Crippen LogP contribution in [0.3, 0.4) is 0 Å². The number of hydrogen-bond donors (Lipinski definition) is 2. The predicted octanol–water partition coefficient (Wildman–Crippen LogP) is 2.65. The van der Waals surface area contributed by atoms with E-state index >= 15 is 0 Å². The van der Waals surface area contributed by atoms with Gasteiger partial charge in [0.25, 0.3) is 0 Å². The SMILES string of the molecule is NCC#Cc1ccc(NC(=O)C2CCCCC2)cc1F. The van der Waals surface area contributed by atoms with E-state index in [0.29, 0.717) is 11.3 Å². The molecular weight excluding hydrogens is 255 g/mol. The highest BCUT2D eigenvalue weighted by atomic mass is 19.1. The summed E-state index contributed by atoms with van der Waals surface area (Å²) in [5.74, 6) is 4.87. The van der Waals surface area contributed by atoms with Crippen LogP contribution in [0.2, 0.25) is 0 Å². The van der Waals surface area contributed by atoms with Crippen LogP contribution >= 0.6 is 0 Å². The zero-order valence-electron chi connectivity index (χ0n) is 11.4. The zero-order valence-corrected chi connectivity index (χ0v) is 11.4. The molecule has 0 atom stereocenters. The molecule has 0 saturated heterocycles. The Morgan fingerprint density at radius 3 is 2.75 bits per heavy atom. The lowest BCUT2D eigenvalue weighted by Crippen LogP contribution is -2.24. The fourth-order valence-corrected chi connectivity index (χ4v) is 2.45. The van der Waals surface area contributed by atoms with Gasteiger partial charge in [0.2, 0.25) is 5.91 Å². The summed E-state index contributed by atoms with van der Waals surface area (Å²) in [6.45, 7) is 0.194. The summed E-state index contributed by atoms with van der Waals surface area (Å²) >= 11 is 0. The Kier molecular flexibility index (Phi) is 5.14. The van der Waals surface area contributed by atoms with Crippen molar-refractivity contribution in [3.8, 4) is 11.8 Å². The van der Waals surface area contributed by atoms with Crippen LogP contribution in [0.25, 0.3) is 0 Å². The van der Waals surface area contributed by atoms with Crippen LogP contribution in [0, 0.1) is 23.6 Å². The fourth-order valence-electron chi connectivity index (χ4n) is 2.45. The van der Waals surface area contributed by atoms with Crippen molar-refractivity contribution >= 4 is 11.6 Å². The molecule has 0 radical (unpaired) electrons. The molecule has 0 aromatic heterocycles. The van der Waals surface area contributed by atoms with Crippen molar-refractivity contribution < 1.29 is 9.18 Å². The molecule has 0 spiro atoms. The van der Waals surface area contributed by atoms with Crippen LogP contribution in [-0.2, 0) is 4.79 Å². The molecule has 20 heavy (non-hydrogen) atoms. The highest BCUT2D eigenvalue weighted by Gasteiger charge is 2.21. The molecule has 1 aromatic rings. The van der Waals surface area contributed by atoms with Crippen LogP contribution < -0.4 is 11.1 Å². The number of anilines is 1. The summed E-state index contributed by atoms with van der Waals surface area (Å²) < 4.78 is 13.8. The average Bonchev–Trinajstić information content (AvgIpc) is 2.47. The lowest BCUT2D eigenvalue weighted by atomic mass is 9.88. The van der Waals surface area contributed by atoms with Gasteiger partial charge in [0, 0.05) is 11.6 Å². The molecule has 3 N–H and O–H groups in total. The van der Waals surface area contributed by atoms with Gasteiger partial charge in [-0.2, -0.15) is 0 Å². The standard InChI is InChI=1S/C16H19FN2O/c17-15-11-14(9-8-12(15)7-4-10-18)19-16(20)13-5-2-1-3-6-13/h8-9,11,13H,1-3,5-6,10,18H2,(H,19,20). The highest BCUT2D eigenvalue weighted by molar-refractivity contribution is 5.92. The van der Waals surface area contributed by atoms with E-state index in [1.54, 1.807) is 12.1 Å². The second kappa shape index (κ2) is 7.06. The molecule has 1 aliphatic rings. The number of rotatable bonds is 2. The van der Waals surface area contributed by atoms with Gasteiger partial charge >= 0.3 is 0 Å². The van der Waals surface area contributed by atoms with E-state index in [4.69, 9.17) is 5.73 Å². The van der Waals surface area contributed by atoms with Crippen LogP contribution in [0.5, 0.6) is 0 Å². The Balaban J connectivity index is 2.02. The first kappa shape index (κ1) is 14.5. The number of benzene rings is 1. The number of carbonyl (C=O) groups is 1. The second-order valence-electron chi connectivity index (χ2n) is 5.02. The van der Waals surface area contributed by atoms with Gasteiger partial charge in [-0.3, -0.25) is 4.79 Å². The number of carbonyl (C=O) groups excluding carboxylic acids is 1. The molecular formula is C16H19FN2O.